The van der Waals surface area contributed by atoms with Crippen LogP contribution in [0.5, 0.6) is 5.75 Å². The molecule has 3 nitrogen and oxygen atoms in total. The van der Waals surface area contributed by atoms with E-state index in [2.05, 4.69) is 28.5 Å². The second-order valence-electron chi connectivity index (χ2n) is 4.51. The van der Waals surface area contributed by atoms with Crippen molar-refractivity contribution in [3.05, 3.63) is 53.9 Å². The first-order valence-corrected chi connectivity index (χ1v) is 6.20. The second kappa shape index (κ2) is 4.69. The molecule has 0 saturated carbocycles. The molecule has 1 aliphatic heterocycles. The fourth-order valence-electron chi connectivity index (χ4n) is 2.55. The lowest BCUT2D eigenvalue weighted by molar-refractivity contribution is 0.414. The molecular weight excluding hydrogens is 224 g/mol. The predicted molar refractivity (Wildman–Crippen MR) is 72.2 cm³/mol. The molecule has 0 amide bonds. The van der Waals surface area contributed by atoms with Gasteiger partial charge in [-0.1, -0.05) is 12.1 Å². The molecule has 1 aromatic carbocycles. The first-order valence-electron chi connectivity index (χ1n) is 6.20. The maximum atomic E-state index is 5.27. The molecule has 1 N–H and O–H groups in total. The zero-order valence-electron chi connectivity index (χ0n) is 10.4. The molecule has 2 aromatic rings. The molecule has 0 bridgehead atoms. The van der Waals surface area contributed by atoms with Gasteiger partial charge in [-0.25, -0.2) is 0 Å². The molecule has 1 unspecified atom stereocenters. The lowest BCUT2D eigenvalue weighted by Gasteiger charge is -2.27. The minimum absolute atomic E-state index is 0.431. The van der Waals surface area contributed by atoms with E-state index in [0.29, 0.717) is 5.92 Å². The molecular formula is C15H16N2O. The van der Waals surface area contributed by atoms with Gasteiger partial charge in [0, 0.05) is 36.6 Å². The number of rotatable bonds is 2. The summed E-state index contributed by atoms with van der Waals surface area (Å²) in [6, 6.07) is 10.4. The summed E-state index contributed by atoms with van der Waals surface area (Å²) >= 11 is 0. The minimum atomic E-state index is 0.431. The van der Waals surface area contributed by atoms with Crippen LogP contribution in [0.4, 0.5) is 5.69 Å². The van der Waals surface area contributed by atoms with Gasteiger partial charge in [0.25, 0.3) is 0 Å². The fourth-order valence-corrected chi connectivity index (χ4v) is 2.55. The van der Waals surface area contributed by atoms with E-state index < -0.39 is 0 Å². The van der Waals surface area contributed by atoms with Gasteiger partial charge in [0.05, 0.1) is 7.11 Å². The van der Waals surface area contributed by atoms with Crippen LogP contribution in [0.3, 0.4) is 0 Å². The van der Waals surface area contributed by atoms with Gasteiger partial charge >= 0.3 is 0 Å². The minimum Gasteiger partial charge on any atom is -0.497 e. The van der Waals surface area contributed by atoms with Gasteiger partial charge in [-0.15, -0.1) is 0 Å². The highest BCUT2D eigenvalue weighted by molar-refractivity contribution is 5.60. The summed E-state index contributed by atoms with van der Waals surface area (Å²) in [5.41, 5.74) is 3.79. The van der Waals surface area contributed by atoms with E-state index >= 15 is 0 Å². The van der Waals surface area contributed by atoms with Crippen molar-refractivity contribution in [3.8, 4) is 5.75 Å². The van der Waals surface area contributed by atoms with Crippen LogP contribution in [0.25, 0.3) is 0 Å². The maximum Gasteiger partial charge on any atom is 0.120 e. The molecule has 1 atom stereocenters. The molecule has 2 heterocycles. The van der Waals surface area contributed by atoms with Gasteiger partial charge in [-0.05, 0) is 29.7 Å². The van der Waals surface area contributed by atoms with Crippen molar-refractivity contribution in [1.82, 2.24) is 4.98 Å². The first-order chi connectivity index (χ1) is 8.88. The topological polar surface area (TPSA) is 34.1 Å². The highest BCUT2D eigenvalue weighted by atomic mass is 16.5. The Hall–Kier alpha value is -2.03. The van der Waals surface area contributed by atoms with Crippen LogP contribution in [-0.2, 0) is 0 Å². The molecule has 0 radical (unpaired) electrons. The number of fused-ring (bicyclic) bond motifs is 1. The van der Waals surface area contributed by atoms with Gasteiger partial charge in [0.2, 0.25) is 0 Å². The third kappa shape index (κ3) is 1.92. The highest BCUT2D eigenvalue weighted by Crippen LogP contribution is 2.37. The van der Waals surface area contributed by atoms with Crippen molar-refractivity contribution in [1.29, 1.82) is 0 Å². The van der Waals surface area contributed by atoms with Crippen LogP contribution in [0, 0.1) is 0 Å². The molecule has 0 aliphatic carbocycles. The highest BCUT2D eigenvalue weighted by Gasteiger charge is 2.21. The number of ether oxygens (including phenoxy) is 1. The summed E-state index contributed by atoms with van der Waals surface area (Å²) in [5.74, 6) is 1.33. The smallest absolute Gasteiger partial charge is 0.120 e. The van der Waals surface area contributed by atoms with Crippen molar-refractivity contribution in [2.45, 2.75) is 12.3 Å². The largest absolute Gasteiger partial charge is 0.497 e. The number of pyridine rings is 1. The van der Waals surface area contributed by atoms with E-state index in [1.54, 1.807) is 7.11 Å². The SMILES string of the molecule is COc1ccc2c(c1)NCCC2c1cccnc1. The van der Waals surface area contributed by atoms with Crippen LogP contribution >= 0.6 is 0 Å². The van der Waals surface area contributed by atoms with Crippen molar-refractivity contribution in [3.63, 3.8) is 0 Å². The summed E-state index contributed by atoms with van der Waals surface area (Å²) in [7, 11) is 1.70. The quantitative estimate of drug-likeness (QED) is 0.876. The number of aromatic nitrogens is 1. The Balaban J connectivity index is 2.02. The van der Waals surface area contributed by atoms with Crippen LogP contribution in [0.15, 0.2) is 42.7 Å². The molecule has 1 aliphatic rings. The van der Waals surface area contributed by atoms with Crippen molar-refractivity contribution in [2.75, 3.05) is 19.0 Å². The van der Waals surface area contributed by atoms with E-state index in [0.717, 1.165) is 18.7 Å². The number of nitrogens with zero attached hydrogens (tertiary/aromatic N) is 1. The average Bonchev–Trinajstić information content (AvgIpc) is 2.47. The molecule has 1 aromatic heterocycles. The summed E-state index contributed by atoms with van der Waals surface area (Å²) in [6.07, 6.45) is 4.88. The van der Waals surface area contributed by atoms with Crippen LogP contribution < -0.4 is 10.1 Å². The molecule has 0 saturated heterocycles. The van der Waals surface area contributed by atoms with E-state index in [-0.39, 0.29) is 0 Å². The number of hydrogen-bond acceptors (Lipinski definition) is 3. The van der Waals surface area contributed by atoms with Gasteiger partial charge in [0.1, 0.15) is 5.75 Å². The number of nitrogens with one attached hydrogen (secondary N) is 1. The average molecular weight is 240 g/mol. The Bertz CT molecular complexity index is 539. The zero-order valence-corrected chi connectivity index (χ0v) is 10.4. The summed E-state index contributed by atoms with van der Waals surface area (Å²) in [4.78, 5) is 4.22. The standard InChI is InChI=1S/C15H16N2O/c1-18-12-4-5-14-13(6-8-17-15(14)9-12)11-3-2-7-16-10-11/h2-5,7,9-10,13,17H,6,8H2,1H3. The van der Waals surface area contributed by atoms with E-state index in [9.17, 15) is 0 Å². The normalized spacial score (nSPS) is 17.7. The zero-order chi connectivity index (χ0) is 12.4. The fraction of sp³-hybridized carbons (Fsp3) is 0.267. The molecule has 0 fully saturated rings. The monoisotopic (exact) mass is 240 g/mol. The van der Waals surface area contributed by atoms with Crippen molar-refractivity contribution < 1.29 is 4.74 Å². The Kier molecular flexibility index (Phi) is 2.89. The second-order valence-corrected chi connectivity index (χ2v) is 4.51. The van der Waals surface area contributed by atoms with Crippen LogP contribution in [0.2, 0.25) is 0 Å². The lowest BCUT2D eigenvalue weighted by atomic mass is 9.86. The predicted octanol–water partition coefficient (Wildman–Crippen LogP) is 3.04. The Morgan fingerprint density at radius 2 is 2.28 bits per heavy atom. The number of methoxy groups -OCH3 is 1. The van der Waals surface area contributed by atoms with Crippen molar-refractivity contribution in [2.24, 2.45) is 0 Å². The number of hydrogen-bond donors (Lipinski definition) is 1. The molecule has 0 spiro atoms. The van der Waals surface area contributed by atoms with Crippen LogP contribution in [0.1, 0.15) is 23.5 Å². The molecule has 3 heteroatoms. The van der Waals surface area contributed by atoms with Gasteiger partial charge < -0.3 is 10.1 Å². The van der Waals surface area contributed by atoms with Gasteiger partial charge in [0.15, 0.2) is 0 Å². The molecule has 92 valence electrons. The Morgan fingerprint density at radius 1 is 1.33 bits per heavy atom. The van der Waals surface area contributed by atoms with Gasteiger partial charge in [-0.2, -0.15) is 0 Å². The Labute approximate surface area is 107 Å². The van der Waals surface area contributed by atoms with Crippen LogP contribution in [-0.4, -0.2) is 18.6 Å². The van der Waals surface area contributed by atoms with E-state index in [1.807, 2.05) is 24.5 Å². The third-order valence-corrected chi connectivity index (χ3v) is 3.47. The first kappa shape index (κ1) is 11.1. The summed E-state index contributed by atoms with van der Waals surface area (Å²) in [6.45, 7) is 0.986. The van der Waals surface area contributed by atoms with E-state index in [4.69, 9.17) is 4.74 Å². The number of benzene rings is 1. The molecule has 18 heavy (non-hydrogen) atoms. The van der Waals surface area contributed by atoms with Crippen molar-refractivity contribution >= 4 is 5.69 Å². The molecule has 3 rings (SSSR count). The number of anilines is 1. The lowest BCUT2D eigenvalue weighted by Crippen LogP contribution is -2.17. The summed E-state index contributed by atoms with van der Waals surface area (Å²) in [5, 5.41) is 3.44. The summed E-state index contributed by atoms with van der Waals surface area (Å²) < 4.78 is 5.27. The third-order valence-electron chi connectivity index (χ3n) is 3.47. The Morgan fingerprint density at radius 3 is 3.06 bits per heavy atom. The van der Waals surface area contributed by atoms with Gasteiger partial charge in [-0.3, -0.25) is 4.98 Å². The maximum absolute atomic E-state index is 5.27. The van der Waals surface area contributed by atoms with E-state index in [1.165, 1.54) is 16.8 Å².